The van der Waals surface area contributed by atoms with Gasteiger partial charge < -0.3 is 23.5 Å². The molecule has 0 saturated carbocycles. The van der Waals surface area contributed by atoms with Gasteiger partial charge in [0.1, 0.15) is 19.0 Å². The second kappa shape index (κ2) is 12.3. The molecule has 5 aromatic rings. The Balaban J connectivity index is 1.25. The van der Waals surface area contributed by atoms with E-state index < -0.39 is 9.84 Å². The second-order valence-corrected chi connectivity index (χ2v) is 12.8. The molecule has 0 N–H and O–H groups in total. The molecule has 1 fully saturated rings. The van der Waals surface area contributed by atoms with Crippen LogP contribution in [0.15, 0.2) is 117 Å². The van der Waals surface area contributed by atoms with Gasteiger partial charge in [0.2, 0.25) is 26.6 Å². The second-order valence-electron chi connectivity index (χ2n) is 10.9. The van der Waals surface area contributed by atoms with Crippen molar-refractivity contribution in [3.05, 3.63) is 114 Å². The van der Waals surface area contributed by atoms with Gasteiger partial charge in [-0.1, -0.05) is 72.8 Å². The van der Waals surface area contributed by atoms with Crippen LogP contribution in [0, 0.1) is 0 Å². The summed E-state index contributed by atoms with van der Waals surface area (Å²) in [5.41, 5.74) is 2.98. The highest BCUT2D eigenvalue weighted by Gasteiger charge is 2.35. The van der Waals surface area contributed by atoms with E-state index in [9.17, 15) is 8.42 Å². The minimum Gasteiger partial charge on any atom is -0.496 e. The number of methoxy groups -OCH3 is 1. The Kier molecular flexibility index (Phi) is 7.91. The molecule has 0 unspecified atom stereocenters. The van der Waals surface area contributed by atoms with E-state index in [1.807, 2.05) is 29.2 Å². The number of piperazine rings is 1. The summed E-state index contributed by atoms with van der Waals surface area (Å²) in [5.74, 6) is 1.82. The van der Waals surface area contributed by atoms with Gasteiger partial charge in [-0.3, -0.25) is 4.90 Å². The Bertz CT molecular complexity index is 1850. The van der Waals surface area contributed by atoms with Crippen LogP contribution < -0.4 is 19.1 Å². The van der Waals surface area contributed by atoms with E-state index in [0.717, 1.165) is 0 Å². The third kappa shape index (κ3) is 5.63. The standard InChI is InChI=1S/C35H33N3O6S/c1-41-29-15-9-8-14-28(29)33-36-34(45(39,40)27-16-17-30-31(24-27)43-23-22-42-30)35(44-33)38-20-18-37(19-21-38)32(25-10-4-2-5-11-25)26-12-6-3-7-13-26/h2-17,24,32H,18-23H2,1H3. The van der Waals surface area contributed by atoms with Crippen molar-refractivity contribution < 1.29 is 27.0 Å². The molecule has 0 bridgehead atoms. The average Bonchev–Trinajstić information content (AvgIpc) is 3.56. The molecule has 3 heterocycles. The van der Waals surface area contributed by atoms with Crippen LogP contribution in [0.25, 0.3) is 11.5 Å². The van der Waals surface area contributed by atoms with Crippen LogP contribution >= 0.6 is 0 Å². The maximum absolute atomic E-state index is 14.2. The number of benzene rings is 4. The summed E-state index contributed by atoms with van der Waals surface area (Å²) in [7, 11) is -2.55. The summed E-state index contributed by atoms with van der Waals surface area (Å²) in [6.45, 7) is 3.21. The Morgan fingerprint density at radius 3 is 2.04 bits per heavy atom. The SMILES string of the molecule is COc1ccccc1-c1nc(S(=O)(=O)c2ccc3c(c2)OCCO3)c(N2CCN(C(c3ccccc3)c3ccccc3)CC2)o1. The van der Waals surface area contributed by atoms with Crippen molar-refractivity contribution >= 4 is 15.7 Å². The number of fused-ring (bicyclic) bond motifs is 1. The van der Waals surface area contributed by atoms with Crippen molar-refractivity contribution in [2.45, 2.75) is 16.0 Å². The third-order valence-electron chi connectivity index (χ3n) is 8.19. The van der Waals surface area contributed by atoms with Crippen molar-refractivity contribution in [3.63, 3.8) is 0 Å². The number of oxazole rings is 1. The van der Waals surface area contributed by atoms with Crippen LogP contribution in [-0.2, 0) is 9.84 Å². The number of rotatable bonds is 8. The molecule has 10 heteroatoms. The Morgan fingerprint density at radius 1 is 0.756 bits per heavy atom. The lowest BCUT2D eigenvalue weighted by atomic mass is 9.96. The van der Waals surface area contributed by atoms with Crippen LogP contribution in [0.3, 0.4) is 0 Å². The van der Waals surface area contributed by atoms with Crippen LogP contribution in [0.1, 0.15) is 17.2 Å². The van der Waals surface area contributed by atoms with E-state index in [-0.39, 0.29) is 27.7 Å². The molecule has 2 aliphatic heterocycles. The predicted octanol–water partition coefficient (Wildman–Crippen LogP) is 5.87. The topological polar surface area (TPSA) is 94.3 Å². The van der Waals surface area contributed by atoms with Crippen molar-refractivity contribution in [1.29, 1.82) is 0 Å². The maximum atomic E-state index is 14.2. The Labute approximate surface area is 262 Å². The number of aromatic nitrogens is 1. The summed E-state index contributed by atoms with van der Waals surface area (Å²) >= 11 is 0. The molecule has 1 aromatic heterocycles. The van der Waals surface area contributed by atoms with Crippen LogP contribution in [0.2, 0.25) is 0 Å². The van der Waals surface area contributed by atoms with Crippen LogP contribution in [-0.4, -0.2) is 64.8 Å². The molecule has 0 atom stereocenters. The lowest BCUT2D eigenvalue weighted by Crippen LogP contribution is -2.48. The molecular weight excluding hydrogens is 590 g/mol. The summed E-state index contributed by atoms with van der Waals surface area (Å²) in [6.07, 6.45) is 0. The average molecular weight is 624 g/mol. The first kappa shape index (κ1) is 28.9. The minimum atomic E-state index is -4.11. The number of hydrogen-bond acceptors (Lipinski definition) is 9. The van der Waals surface area contributed by atoms with Gasteiger partial charge in [-0.2, -0.15) is 4.98 Å². The quantitative estimate of drug-likeness (QED) is 0.211. The molecule has 0 spiro atoms. The van der Waals surface area contributed by atoms with Crippen LogP contribution in [0.5, 0.6) is 17.2 Å². The highest BCUT2D eigenvalue weighted by Crippen LogP contribution is 2.40. The first-order valence-electron chi connectivity index (χ1n) is 14.9. The summed E-state index contributed by atoms with van der Waals surface area (Å²) < 4.78 is 51.7. The molecule has 45 heavy (non-hydrogen) atoms. The first-order valence-corrected chi connectivity index (χ1v) is 16.4. The molecule has 1 saturated heterocycles. The van der Waals surface area contributed by atoms with E-state index in [1.165, 1.54) is 23.3 Å². The van der Waals surface area contributed by atoms with E-state index in [0.29, 0.717) is 62.2 Å². The largest absolute Gasteiger partial charge is 0.496 e. The summed E-state index contributed by atoms with van der Waals surface area (Å²) in [5, 5.41) is -0.142. The van der Waals surface area contributed by atoms with Crippen molar-refractivity contribution in [2.24, 2.45) is 0 Å². The fraction of sp³-hybridized carbons (Fsp3) is 0.229. The number of sulfone groups is 1. The number of nitrogens with zero attached hydrogens (tertiary/aromatic N) is 3. The minimum absolute atomic E-state index is 0.0553. The number of anilines is 1. The number of hydrogen-bond donors (Lipinski definition) is 0. The lowest BCUT2D eigenvalue weighted by molar-refractivity contribution is 0.171. The number of ether oxygens (including phenoxy) is 3. The smallest absolute Gasteiger partial charge is 0.236 e. The predicted molar refractivity (Wildman–Crippen MR) is 170 cm³/mol. The van der Waals surface area contributed by atoms with Gasteiger partial charge in [0.05, 0.1) is 23.6 Å². The van der Waals surface area contributed by atoms with E-state index in [4.69, 9.17) is 18.6 Å². The van der Waals surface area contributed by atoms with Gasteiger partial charge in [0, 0.05) is 32.2 Å². The summed E-state index contributed by atoms with van der Waals surface area (Å²) in [6, 6.07) is 32.9. The molecule has 0 aliphatic carbocycles. The molecule has 9 nitrogen and oxygen atoms in total. The fourth-order valence-electron chi connectivity index (χ4n) is 5.98. The van der Waals surface area contributed by atoms with Gasteiger partial charge in [-0.05, 0) is 35.4 Å². The van der Waals surface area contributed by atoms with Crippen molar-refractivity contribution in [1.82, 2.24) is 9.88 Å². The molecular formula is C35H33N3O6S. The van der Waals surface area contributed by atoms with E-state index in [1.54, 1.807) is 25.3 Å². The van der Waals surface area contributed by atoms with Crippen molar-refractivity contribution in [2.75, 3.05) is 51.4 Å². The maximum Gasteiger partial charge on any atom is 0.236 e. The van der Waals surface area contributed by atoms with Gasteiger partial charge >= 0.3 is 0 Å². The first-order chi connectivity index (χ1) is 22.0. The molecule has 7 rings (SSSR count). The van der Waals surface area contributed by atoms with Gasteiger partial charge in [0.15, 0.2) is 11.5 Å². The Hall–Kier alpha value is -4.80. The zero-order chi connectivity index (χ0) is 30.8. The van der Waals surface area contributed by atoms with Crippen molar-refractivity contribution in [3.8, 4) is 28.7 Å². The monoisotopic (exact) mass is 623 g/mol. The zero-order valence-electron chi connectivity index (χ0n) is 24.8. The molecule has 230 valence electrons. The fourth-order valence-corrected chi connectivity index (χ4v) is 7.32. The van der Waals surface area contributed by atoms with Gasteiger partial charge in [-0.25, -0.2) is 8.42 Å². The van der Waals surface area contributed by atoms with E-state index in [2.05, 4.69) is 58.4 Å². The third-order valence-corrected chi connectivity index (χ3v) is 9.84. The lowest BCUT2D eigenvalue weighted by Gasteiger charge is -2.39. The molecule has 0 radical (unpaired) electrons. The molecule has 0 amide bonds. The zero-order valence-corrected chi connectivity index (χ0v) is 25.7. The van der Waals surface area contributed by atoms with Gasteiger partial charge in [-0.15, -0.1) is 0 Å². The van der Waals surface area contributed by atoms with Gasteiger partial charge in [0.25, 0.3) is 0 Å². The number of para-hydroxylation sites is 1. The Morgan fingerprint density at radius 2 is 1.38 bits per heavy atom. The highest BCUT2D eigenvalue weighted by atomic mass is 32.2. The van der Waals surface area contributed by atoms with E-state index >= 15 is 0 Å². The highest BCUT2D eigenvalue weighted by molar-refractivity contribution is 7.91. The summed E-state index contributed by atoms with van der Waals surface area (Å²) in [4.78, 5) is 9.06. The van der Waals surface area contributed by atoms with Crippen LogP contribution in [0.4, 0.5) is 5.88 Å². The molecule has 2 aliphatic rings. The normalized spacial score (nSPS) is 15.3. The molecule has 4 aromatic carbocycles.